The molecule has 9 nitrogen and oxygen atoms in total. The van der Waals surface area contributed by atoms with Crippen molar-refractivity contribution < 1.29 is 27.5 Å². The fourth-order valence-electron chi connectivity index (χ4n) is 4.25. The number of likely N-dealkylation sites (tertiary alicyclic amines) is 1. The lowest BCUT2D eigenvalue weighted by Crippen LogP contribution is -2.46. The third kappa shape index (κ3) is 4.82. The van der Waals surface area contributed by atoms with Crippen LogP contribution in [0.5, 0.6) is 11.5 Å². The van der Waals surface area contributed by atoms with Crippen molar-refractivity contribution in [2.45, 2.75) is 36.6 Å². The van der Waals surface area contributed by atoms with Crippen LogP contribution in [0, 0.1) is 5.92 Å². The van der Waals surface area contributed by atoms with Crippen molar-refractivity contribution in [2.24, 2.45) is 5.92 Å². The first-order valence-electron chi connectivity index (χ1n) is 11.5. The zero-order valence-electron chi connectivity index (χ0n) is 18.7. The van der Waals surface area contributed by atoms with E-state index < -0.39 is 10.0 Å². The number of nitrogens with zero attached hydrogens (tertiary/aromatic N) is 1. The number of ether oxygens (including phenoxy) is 2. The molecule has 2 aromatic rings. The van der Waals surface area contributed by atoms with Crippen LogP contribution in [0.1, 0.15) is 36.0 Å². The van der Waals surface area contributed by atoms with E-state index in [1.165, 1.54) is 12.1 Å². The fraction of sp³-hybridized carbons (Fsp3) is 0.417. The van der Waals surface area contributed by atoms with Crippen LogP contribution in [0.25, 0.3) is 0 Å². The van der Waals surface area contributed by atoms with Crippen LogP contribution < -0.4 is 19.5 Å². The molecule has 3 aliphatic rings. The lowest BCUT2D eigenvalue weighted by molar-refractivity contribution is -0.126. The van der Waals surface area contributed by atoms with E-state index in [1.807, 2.05) is 0 Å². The summed E-state index contributed by atoms with van der Waals surface area (Å²) in [5.74, 6) is 0.297. The molecule has 2 N–H and O–H groups in total. The molecule has 2 amide bonds. The maximum atomic E-state index is 13.4. The average molecular weight is 486 g/mol. The lowest BCUT2D eigenvalue weighted by Gasteiger charge is -2.32. The number of hydrogen-bond donors (Lipinski definition) is 2. The molecule has 0 aromatic heterocycles. The van der Waals surface area contributed by atoms with Gasteiger partial charge in [0.15, 0.2) is 11.5 Å². The van der Waals surface area contributed by atoms with Crippen LogP contribution >= 0.6 is 0 Å². The van der Waals surface area contributed by atoms with E-state index in [2.05, 4.69) is 10.0 Å². The number of piperidine rings is 1. The predicted octanol–water partition coefficient (Wildman–Crippen LogP) is 2.39. The molecule has 180 valence electrons. The Kier molecular flexibility index (Phi) is 6.07. The van der Waals surface area contributed by atoms with Crippen LogP contribution in [0.4, 0.5) is 5.69 Å². The molecule has 1 unspecified atom stereocenters. The van der Waals surface area contributed by atoms with E-state index >= 15 is 0 Å². The number of carbonyl (C=O) groups is 2. The maximum Gasteiger partial charge on any atom is 0.262 e. The second kappa shape index (κ2) is 9.17. The van der Waals surface area contributed by atoms with E-state index in [4.69, 9.17) is 9.47 Å². The van der Waals surface area contributed by atoms with Gasteiger partial charge < -0.3 is 19.7 Å². The minimum Gasteiger partial charge on any atom is -0.486 e. The molecule has 1 atom stereocenters. The number of benzene rings is 2. The Morgan fingerprint density at radius 1 is 0.971 bits per heavy atom. The summed E-state index contributed by atoms with van der Waals surface area (Å²) in [4.78, 5) is 27.5. The summed E-state index contributed by atoms with van der Waals surface area (Å²) in [5.41, 5.74) is 0.429. The van der Waals surface area contributed by atoms with E-state index in [9.17, 15) is 18.0 Å². The number of para-hydroxylation sites is 1. The molecule has 0 radical (unpaired) electrons. The SMILES string of the molecule is O=C(NC1CC1)C1CCCN(C(=O)c2ccccc2NS(=O)(=O)c2ccc3c(c2)OCCO3)C1. The highest BCUT2D eigenvalue weighted by Crippen LogP contribution is 2.33. The molecule has 2 fully saturated rings. The monoisotopic (exact) mass is 485 g/mol. The van der Waals surface area contributed by atoms with Crippen LogP contribution in [0.2, 0.25) is 0 Å². The van der Waals surface area contributed by atoms with Crippen molar-refractivity contribution in [3.63, 3.8) is 0 Å². The Morgan fingerprint density at radius 2 is 1.74 bits per heavy atom. The lowest BCUT2D eigenvalue weighted by atomic mass is 9.96. The molecule has 5 rings (SSSR count). The second-order valence-corrected chi connectivity index (χ2v) is 10.5. The standard InChI is InChI=1S/C24H27N3O6S/c28-23(25-17-7-8-17)16-4-3-11-27(15-16)24(29)19-5-1-2-6-20(19)26-34(30,31)18-9-10-21-22(14-18)33-13-12-32-21/h1-2,5-6,9-10,14,16-17,26H,3-4,7-8,11-13,15H2,(H,25,28). The van der Waals surface area contributed by atoms with Crippen molar-refractivity contribution >= 4 is 27.5 Å². The van der Waals surface area contributed by atoms with Crippen molar-refractivity contribution in [1.29, 1.82) is 0 Å². The highest BCUT2D eigenvalue weighted by Gasteiger charge is 2.33. The Balaban J connectivity index is 1.33. The van der Waals surface area contributed by atoms with Gasteiger partial charge in [0.25, 0.3) is 15.9 Å². The molecular formula is C24H27N3O6S. The quantitative estimate of drug-likeness (QED) is 0.650. The summed E-state index contributed by atoms with van der Waals surface area (Å²) in [6, 6.07) is 11.2. The van der Waals surface area contributed by atoms with Crippen LogP contribution in [-0.2, 0) is 14.8 Å². The van der Waals surface area contributed by atoms with Gasteiger partial charge in [-0.1, -0.05) is 12.1 Å². The van der Waals surface area contributed by atoms with Crippen molar-refractivity contribution in [3.8, 4) is 11.5 Å². The molecule has 0 spiro atoms. The normalized spacial score (nSPS) is 19.9. The van der Waals surface area contributed by atoms with E-state index in [1.54, 1.807) is 35.2 Å². The summed E-state index contributed by atoms with van der Waals surface area (Å²) < 4.78 is 39.7. The zero-order valence-corrected chi connectivity index (χ0v) is 19.5. The van der Waals surface area contributed by atoms with Crippen LogP contribution in [-0.4, -0.2) is 57.5 Å². The minimum atomic E-state index is -3.98. The Morgan fingerprint density at radius 3 is 2.53 bits per heavy atom. The molecule has 2 heterocycles. The highest BCUT2D eigenvalue weighted by molar-refractivity contribution is 7.92. The third-order valence-electron chi connectivity index (χ3n) is 6.23. The van der Waals surface area contributed by atoms with E-state index in [-0.39, 0.29) is 39.9 Å². The number of nitrogens with one attached hydrogen (secondary N) is 2. The van der Waals surface area contributed by atoms with E-state index in [0.717, 1.165) is 25.7 Å². The summed E-state index contributed by atoms with van der Waals surface area (Å²) in [6.07, 6.45) is 3.48. The molecule has 2 aliphatic heterocycles. The molecule has 1 saturated carbocycles. The fourth-order valence-corrected chi connectivity index (χ4v) is 5.34. The Labute approximate surface area is 198 Å². The smallest absolute Gasteiger partial charge is 0.262 e. The number of fused-ring (bicyclic) bond motifs is 1. The summed E-state index contributed by atoms with van der Waals surface area (Å²) >= 11 is 0. The van der Waals surface area contributed by atoms with Crippen LogP contribution in [0.15, 0.2) is 47.4 Å². The zero-order chi connectivity index (χ0) is 23.7. The van der Waals surface area contributed by atoms with Gasteiger partial charge in [-0.25, -0.2) is 8.42 Å². The number of hydrogen-bond acceptors (Lipinski definition) is 6. The molecule has 2 aromatic carbocycles. The Hall–Kier alpha value is -3.27. The average Bonchev–Trinajstić information content (AvgIpc) is 3.67. The molecule has 0 bridgehead atoms. The Bertz CT molecular complexity index is 1210. The maximum absolute atomic E-state index is 13.4. The highest BCUT2D eigenvalue weighted by atomic mass is 32.2. The molecule has 34 heavy (non-hydrogen) atoms. The van der Waals surface area contributed by atoms with Gasteiger partial charge in [-0.05, 0) is 49.9 Å². The van der Waals surface area contributed by atoms with Gasteiger partial charge in [0.05, 0.1) is 22.1 Å². The first-order chi connectivity index (χ1) is 16.4. The van der Waals surface area contributed by atoms with Gasteiger partial charge in [-0.15, -0.1) is 0 Å². The number of anilines is 1. The van der Waals surface area contributed by atoms with E-state index in [0.29, 0.717) is 37.8 Å². The van der Waals surface area contributed by atoms with Gasteiger partial charge in [0.1, 0.15) is 13.2 Å². The van der Waals surface area contributed by atoms with Crippen LogP contribution in [0.3, 0.4) is 0 Å². The minimum absolute atomic E-state index is 0.00686. The van der Waals surface area contributed by atoms with Gasteiger partial charge >= 0.3 is 0 Å². The summed E-state index contributed by atoms with van der Waals surface area (Å²) in [6.45, 7) is 1.60. The van der Waals surface area contributed by atoms with Crippen molar-refractivity contribution in [1.82, 2.24) is 10.2 Å². The first-order valence-corrected chi connectivity index (χ1v) is 13.0. The molecule has 1 saturated heterocycles. The molecule has 10 heteroatoms. The summed E-state index contributed by atoms with van der Waals surface area (Å²) in [7, 11) is -3.98. The molecular weight excluding hydrogens is 458 g/mol. The number of amides is 2. The first kappa shape index (κ1) is 22.5. The van der Waals surface area contributed by atoms with Gasteiger partial charge in [0.2, 0.25) is 5.91 Å². The third-order valence-corrected chi connectivity index (χ3v) is 7.59. The number of rotatable bonds is 6. The van der Waals surface area contributed by atoms with Crippen molar-refractivity contribution in [2.75, 3.05) is 31.0 Å². The second-order valence-electron chi connectivity index (χ2n) is 8.83. The predicted molar refractivity (Wildman–Crippen MR) is 124 cm³/mol. The molecule has 1 aliphatic carbocycles. The van der Waals surface area contributed by atoms with Gasteiger partial charge in [-0.2, -0.15) is 0 Å². The van der Waals surface area contributed by atoms with Gasteiger partial charge in [0, 0.05) is 25.2 Å². The van der Waals surface area contributed by atoms with Gasteiger partial charge in [-0.3, -0.25) is 14.3 Å². The number of carbonyl (C=O) groups excluding carboxylic acids is 2. The topological polar surface area (TPSA) is 114 Å². The van der Waals surface area contributed by atoms with Crippen molar-refractivity contribution in [3.05, 3.63) is 48.0 Å². The largest absolute Gasteiger partial charge is 0.486 e. The number of sulfonamides is 1. The summed E-state index contributed by atoms with van der Waals surface area (Å²) in [5, 5.41) is 3.02.